The van der Waals surface area contributed by atoms with E-state index in [0.717, 1.165) is 5.56 Å². The van der Waals surface area contributed by atoms with Gasteiger partial charge in [-0.05, 0) is 42.8 Å². The number of anilines is 1. The fourth-order valence-electron chi connectivity index (χ4n) is 2.16. The quantitative estimate of drug-likeness (QED) is 0.759. The molecule has 106 valence electrons. The summed E-state index contributed by atoms with van der Waals surface area (Å²) in [6.07, 6.45) is 1.47. The number of carbonyl (C=O) groups excluding carboxylic acids is 1. The van der Waals surface area contributed by atoms with E-state index in [4.69, 9.17) is 0 Å². The molecule has 1 amide bonds. The molecule has 0 saturated carbocycles. The monoisotopic (exact) mass is 285 g/mol. The lowest BCUT2D eigenvalue weighted by molar-refractivity contribution is 0.102. The summed E-state index contributed by atoms with van der Waals surface area (Å²) >= 11 is 0. The normalized spacial score (nSPS) is 10.8. The number of H-pyrrole nitrogens is 1. The van der Waals surface area contributed by atoms with E-state index in [2.05, 4.69) is 10.3 Å². The number of halogens is 1. The molecule has 6 heteroatoms. The van der Waals surface area contributed by atoms with Crippen molar-refractivity contribution in [2.75, 3.05) is 5.32 Å². The van der Waals surface area contributed by atoms with Gasteiger partial charge in [-0.25, -0.2) is 4.39 Å². The Morgan fingerprint density at radius 3 is 2.67 bits per heavy atom. The molecule has 2 N–H and O–H groups in total. The van der Waals surface area contributed by atoms with Crippen LogP contribution in [0.1, 0.15) is 16.1 Å². The molecule has 0 aliphatic carbocycles. The minimum atomic E-state index is -0.446. The van der Waals surface area contributed by atoms with Crippen molar-refractivity contribution in [1.82, 2.24) is 9.38 Å². The third-order valence-electron chi connectivity index (χ3n) is 3.11. The van der Waals surface area contributed by atoms with Gasteiger partial charge in [0, 0.05) is 18.0 Å². The van der Waals surface area contributed by atoms with Gasteiger partial charge in [-0.2, -0.15) is 0 Å². The van der Waals surface area contributed by atoms with E-state index in [9.17, 15) is 14.0 Å². The highest BCUT2D eigenvalue weighted by Crippen LogP contribution is 2.11. The van der Waals surface area contributed by atoms with Crippen molar-refractivity contribution >= 4 is 17.2 Å². The molecule has 0 saturated heterocycles. The minimum Gasteiger partial charge on any atom is -0.345 e. The standard InChI is InChI=1S/C15H12FN3O2/c1-9-6-13-17-8-12(19(13)14(20)7-9)15(21)18-11-4-2-10(16)3-5-11/h2-8,17H,1H3,(H,18,21). The molecule has 0 aliphatic heterocycles. The van der Waals surface area contributed by atoms with Gasteiger partial charge >= 0.3 is 0 Å². The largest absolute Gasteiger partial charge is 0.345 e. The molecule has 1 aromatic carbocycles. The van der Waals surface area contributed by atoms with Gasteiger partial charge in [0.15, 0.2) is 0 Å². The van der Waals surface area contributed by atoms with Crippen molar-refractivity contribution < 1.29 is 9.18 Å². The lowest BCUT2D eigenvalue weighted by Crippen LogP contribution is -2.21. The number of aromatic amines is 1. The average molecular weight is 285 g/mol. The number of aromatic nitrogens is 2. The van der Waals surface area contributed by atoms with Gasteiger partial charge in [-0.1, -0.05) is 0 Å². The first-order valence-corrected chi connectivity index (χ1v) is 6.32. The number of amides is 1. The third-order valence-corrected chi connectivity index (χ3v) is 3.11. The number of imidazole rings is 1. The van der Waals surface area contributed by atoms with Crippen molar-refractivity contribution in [2.24, 2.45) is 0 Å². The molecular formula is C15H12FN3O2. The number of nitrogens with zero attached hydrogens (tertiary/aromatic N) is 1. The van der Waals surface area contributed by atoms with Gasteiger partial charge in [0.2, 0.25) is 0 Å². The molecule has 2 heterocycles. The summed E-state index contributed by atoms with van der Waals surface area (Å²) in [7, 11) is 0. The summed E-state index contributed by atoms with van der Waals surface area (Å²) in [5.74, 6) is -0.828. The van der Waals surface area contributed by atoms with Gasteiger partial charge in [0.25, 0.3) is 11.5 Å². The molecule has 2 aromatic heterocycles. The van der Waals surface area contributed by atoms with Gasteiger partial charge < -0.3 is 10.3 Å². The molecule has 21 heavy (non-hydrogen) atoms. The van der Waals surface area contributed by atoms with Crippen LogP contribution in [0.15, 0.2) is 47.4 Å². The van der Waals surface area contributed by atoms with Gasteiger partial charge in [-0.3, -0.25) is 14.0 Å². The van der Waals surface area contributed by atoms with Crippen LogP contribution in [-0.2, 0) is 0 Å². The van der Waals surface area contributed by atoms with Crippen molar-refractivity contribution in [3.05, 3.63) is 70.0 Å². The molecule has 0 aliphatic rings. The smallest absolute Gasteiger partial charge is 0.274 e. The predicted molar refractivity (Wildman–Crippen MR) is 77.1 cm³/mol. The molecule has 0 spiro atoms. The summed E-state index contributed by atoms with van der Waals surface area (Å²) in [6.45, 7) is 1.81. The van der Waals surface area contributed by atoms with Crippen LogP contribution in [0.3, 0.4) is 0 Å². The Bertz CT molecular complexity index is 878. The molecule has 0 radical (unpaired) electrons. The molecule has 3 aromatic rings. The zero-order chi connectivity index (χ0) is 15.0. The Hall–Kier alpha value is -2.89. The Kier molecular flexibility index (Phi) is 3.06. The maximum atomic E-state index is 12.8. The number of benzene rings is 1. The third kappa shape index (κ3) is 2.43. The molecule has 0 unspecified atom stereocenters. The molecular weight excluding hydrogens is 273 g/mol. The summed E-state index contributed by atoms with van der Waals surface area (Å²) in [5.41, 5.74) is 1.72. The van der Waals surface area contributed by atoms with E-state index in [0.29, 0.717) is 11.3 Å². The van der Waals surface area contributed by atoms with Gasteiger partial charge in [0.05, 0.1) is 0 Å². The SMILES string of the molecule is Cc1cc(=O)n2c(C(=O)Nc3ccc(F)cc3)c[nH]c2c1. The van der Waals surface area contributed by atoms with Crippen molar-refractivity contribution in [2.45, 2.75) is 6.92 Å². The van der Waals surface area contributed by atoms with Crippen molar-refractivity contribution in [3.63, 3.8) is 0 Å². The second kappa shape index (κ2) is 4.90. The van der Waals surface area contributed by atoms with Crippen molar-refractivity contribution in [3.8, 4) is 0 Å². The lowest BCUT2D eigenvalue weighted by atomic mass is 10.3. The number of hydrogen-bond donors (Lipinski definition) is 2. The Morgan fingerprint density at radius 2 is 1.95 bits per heavy atom. The number of pyridine rings is 1. The highest BCUT2D eigenvalue weighted by Gasteiger charge is 2.13. The number of nitrogens with one attached hydrogen (secondary N) is 2. The number of carbonyl (C=O) groups is 1. The zero-order valence-electron chi connectivity index (χ0n) is 11.2. The maximum absolute atomic E-state index is 12.8. The number of rotatable bonds is 2. The first-order valence-electron chi connectivity index (χ1n) is 6.32. The van der Waals surface area contributed by atoms with Gasteiger partial charge in [-0.15, -0.1) is 0 Å². The van der Waals surface area contributed by atoms with Crippen LogP contribution in [0.25, 0.3) is 5.65 Å². The first kappa shape index (κ1) is 13.1. The van der Waals surface area contributed by atoms with E-state index in [1.54, 1.807) is 13.0 Å². The molecule has 0 atom stereocenters. The van der Waals surface area contributed by atoms with Crippen LogP contribution in [0.4, 0.5) is 10.1 Å². The summed E-state index contributed by atoms with van der Waals surface area (Å²) in [5, 5.41) is 2.62. The van der Waals surface area contributed by atoms with Crippen molar-refractivity contribution in [1.29, 1.82) is 0 Å². The summed E-state index contributed by atoms with van der Waals surface area (Å²) in [6, 6.07) is 8.64. The maximum Gasteiger partial charge on any atom is 0.274 e. The van der Waals surface area contributed by atoms with E-state index in [-0.39, 0.29) is 17.1 Å². The van der Waals surface area contributed by atoms with Crippen LogP contribution in [0, 0.1) is 12.7 Å². The Balaban J connectivity index is 1.98. The Labute approximate surface area is 119 Å². The van der Waals surface area contributed by atoms with E-state index in [1.807, 2.05) is 0 Å². The zero-order valence-corrected chi connectivity index (χ0v) is 11.2. The second-order valence-corrected chi connectivity index (χ2v) is 4.73. The fourth-order valence-corrected chi connectivity index (χ4v) is 2.16. The minimum absolute atomic E-state index is 0.194. The number of hydrogen-bond acceptors (Lipinski definition) is 2. The fraction of sp³-hybridized carbons (Fsp3) is 0.0667. The van der Waals surface area contributed by atoms with E-state index < -0.39 is 5.91 Å². The molecule has 3 rings (SSSR count). The van der Waals surface area contributed by atoms with E-state index >= 15 is 0 Å². The Morgan fingerprint density at radius 1 is 1.24 bits per heavy atom. The predicted octanol–water partition coefficient (Wildman–Crippen LogP) is 2.33. The van der Waals surface area contributed by atoms with Crippen LogP contribution in [0.5, 0.6) is 0 Å². The summed E-state index contributed by atoms with van der Waals surface area (Å²) in [4.78, 5) is 27.1. The average Bonchev–Trinajstić information content (AvgIpc) is 2.85. The number of aryl methyl sites for hydroxylation is 1. The van der Waals surface area contributed by atoms with Crippen LogP contribution in [0.2, 0.25) is 0 Å². The molecule has 5 nitrogen and oxygen atoms in total. The first-order chi connectivity index (χ1) is 10.0. The topological polar surface area (TPSA) is 66.4 Å². The lowest BCUT2D eigenvalue weighted by Gasteiger charge is -2.05. The van der Waals surface area contributed by atoms with Crippen LogP contribution < -0.4 is 10.9 Å². The van der Waals surface area contributed by atoms with E-state index in [1.165, 1.54) is 40.9 Å². The molecule has 0 fully saturated rings. The second-order valence-electron chi connectivity index (χ2n) is 4.73. The highest BCUT2D eigenvalue weighted by atomic mass is 19.1. The van der Waals surface area contributed by atoms with Crippen LogP contribution >= 0.6 is 0 Å². The highest BCUT2D eigenvalue weighted by molar-refractivity contribution is 6.03. The number of fused-ring (bicyclic) bond motifs is 1. The van der Waals surface area contributed by atoms with Gasteiger partial charge in [0.1, 0.15) is 17.2 Å². The molecule has 0 bridgehead atoms. The van der Waals surface area contributed by atoms with Crippen LogP contribution in [-0.4, -0.2) is 15.3 Å². The summed E-state index contributed by atoms with van der Waals surface area (Å²) < 4.78 is 14.1.